The number of thiazole rings is 1. The van der Waals surface area contributed by atoms with Crippen LogP contribution in [0.25, 0.3) is 10.2 Å². The summed E-state index contributed by atoms with van der Waals surface area (Å²) in [6.45, 7) is 2.68. The van der Waals surface area contributed by atoms with E-state index in [4.69, 9.17) is 0 Å². The van der Waals surface area contributed by atoms with Gasteiger partial charge in [-0.3, -0.25) is 10.1 Å². The second kappa shape index (κ2) is 5.95. The van der Waals surface area contributed by atoms with Crippen LogP contribution in [0.15, 0.2) is 17.6 Å². The lowest BCUT2D eigenvalue weighted by Crippen LogP contribution is -2.39. The van der Waals surface area contributed by atoms with Gasteiger partial charge in [-0.2, -0.15) is 0 Å². The molecule has 1 aromatic heterocycles. The molecule has 1 N–H and O–H groups in total. The summed E-state index contributed by atoms with van der Waals surface area (Å²) in [7, 11) is 1.95. The number of rotatable bonds is 4. The molecule has 1 saturated heterocycles. The Morgan fingerprint density at radius 2 is 2.43 bits per heavy atom. The van der Waals surface area contributed by atoms with Gasteiger partial charge in [0.05, 0.1) is 15.1 Å². The highest BCUT2D eigenvalue weighted by Crippen LogP contribution is 2.38. The third-order valence-corrected chi connectivity index (χ3v) is 4.78. The van der Waals surface area contributed by atoms with Crippen molar-refractivity contribution in [2.45, 2.75) is 12.8 Å². The lowest BCUT2D eigenvalue weighted by atomic mass is 9.97. The highest BCUT2D eigenvalue weighted by atomic mass is 32.1. The highest BCUT2D eigenvalue weighted by Gasteiger charge is 2.28. The van der Waals surface area contributed by atoms with Crippen LogP contribution >= 0.6 is 11.3 Å². The summed E-state index contributed by atoms with van der Waals surface area (Å²) in [5.74, 6) is 0.537. The second-order valence-electron chi connectivity index (χ2n) is 5.40. The molecule has 1 unspecified atom stereocenters. The molecular weight excluding hydrogens is 288 g/mol. The molecule has 7 heteroatoms. The maximum atomic E-state index is 11.5. The Morgan fingerprint density at radius 1 is 1.57 bits per heavy atom. The average Bonchev–Trinajstić information content (AvgIpc) is 2.95. The van der Waals surface area contributed by atoms with Gasteiger partial charge >= 0.3 is 5.69 Å². The van der Waals surface area contributed by atoms with Gasteiger partial charge in [-0.1, -0.05) is 0 Å². The minimum absolute atomic E-state index is 0.152. The molecule has 1 fully saturated rings. The predicted molar refractivity (Wildman–Crippen MR) is 85.1 cm³/mol. The molecule has 1 aliphatic heterocycles. The van der Waals surface area contributed by atoms with Crippen LogP contribution in [-0.4, -0.2) is 36.6 Å². The Morgan fingerprint density at radius 3 is 3.19 bits per heavy atom. The van der Waals surface area contributed by atoms with Crippen molar-refractivity contribution >= 4 is 32.9 Å². The van der Waals surface area contributed by atoms with Gasteiger partial charge < -0.3 is 10.2 Å². The summed E-state index contributed by atoms with van der Waals surface area (Å²) >= 11 is 1.44. The molecule has 0 saturated carbocycles. The number of aromatic nitrogens is 1. The molecular formula is C14H18N4O2S. The molecule has 21 heavy (non-hydrogen) atoms. The van der Waals surface area contributed by atoms with Gasteiger partial charge in [0.2, 0.25) is 0 Å². The van der Waals surface area contributed by atoms with Crippen LogP contribution in [0.1, 0.15) is 12.8 Å². The monoisotopic (exact) mass is 306 g/mol. The molecule has 1 aromatic carbocycles. The predicted octanol–water partition coefficient (Wildman–Crippen LogP) is 2.64. The van der Waals surface area contributed by atoms with E-state index in [1.807, 2.05) is 19.2 Å². The maximum absolute atomic E-state index is 11.5. The number of nitro benzene ring substituents is 1. The minimum Gasteiger partial charge on any atom is -0.366 e. The van der Waals surface area contributed by atoms with Crippen molar-refractivity contribution in [3.63, 3.8) is 0 Å². The SMILES string of the molecule is CNCC1CCCN(c2ccc3scnc3c2[N+](=O)[O-])C1. The highest BCUT2D eigenvalue weighted by molar-refractivity contribution is 7.16. The second-order valence-corrected chi connectivity index (χ2v) is 6.29. The zero-order valence-electron chi connectivity index (χ0n) is 11.9. The van der Waals surface area contributed by atoms with E-state index >= 15 is 0 Å². The smallest absolute Gasteiger partial charge is 0.319 e. The first kappa shape index (κ1) is 14.2. The summed E-state index contributed by atoms with van der Waals surface area (Å²) in [6.07, 6.45) is 2.24. The van der Waals surface area contributed by atoms with Crippen molar-refractivity contribution in [3.05, 3.63) is 27.8 Å². The maximum Gasteiger partial charge on any atom is 0.319 e. The number of hydrogen-bond donors (Lipinski definition) is 1. The molecule has 1 atom stereocenters. The first-order chi connectivity index (χ1) is 10.2. The van der Waals surface area contributed by atoms with E-state index in [9.17, 15) is 10.1 Å². The molecule has 0 amide bonds. The van der Waals surface area contributed by atoms with Crippen molar-refractivity contribution in [1.29, 1.82) is 0 Å². The van der Waals surface area contributed by atoms with Gasteiger partial charge in [-0.25, -0.2) is 4.98 Å². The number of hydrogen-bond acceptors (Lipinski definition) is 6. The zero-order chi connectivity index (χ0) is 14.8. The molecule has 0 bridgehead atoms. The van der Waals surface area contributed by atoms with Crippen LogP contribution in [-0.2, 0) is 0 Å². The van der Waals surface area contributed by atoms with E-state index in [-0.39, 0.29) is 10.6 Å². The average molecular weight is 306 g/mol. The van der Waals surface area contributed by atoms with Gasteiger partial charge in [0.1, 0.15) is 5.69 Å². The minimum atomic E-state index is -0.293. The van der Waals surface area contributed by atoms with E-state index in [0.717, 1.165) is 30.8 Å². The summed E-state index contributed by atoms with van der Waals surface area (Å²) in [5, 5.41) is 14.7. The zero-order valence-corrected chi connectivity index (χ0v) is 12.7. The number of nitrogens with one attached hydrogen (secondary N) is 1. The van der Waals surface area contributed by atoms with E-state index in [1.54, 1.807) is 5.51 Å². The Balaban J connectivity index is 1.99. The van der Waals surface area contributed by atoms with Crippen molar-refractivity contribution in [3.8, 4) is 0 Å². The van der Waals surface area contributed by atoms with E-state index in [0.29, 0.717) is 17.1 Å². The molecule has 0 radical (unpaired) electrons. The Bertz CT molecular complexity index is 655. The van der Waals surface area contributed by atoms with Gasteiger partial charge in [0.15, 0.2) is 5.52 Å². The van der Waals surface area contributed by atoms with Crippen LogP contribution in [0.5, 0.6) is 0 Å². The topological polar surface area (TPSA) is 71.3 Å². The van der Waals surface area contributed by atoms with Crippen LogP contribution in [0.3, 0.4) is 0 Å². The molecule has 0 spiro atoms. The number of benzene rings is 1. The molecule has 3 rings (SSSR count). The Kier molecular flexibility index (Phi) is 4.03. The fraction of sp³-hybridized carbons (Fsp3) is 0.500. The largest absolute Gasteiger partial charge is 0.366 e. The van der Waals surface area contributed by atoms with Gasteiger partial charge in [0.25, 0.3) is 0 Å². The molecule has 2 aromatic rings. The van der Waals surface area contributed by atoms with Crippen LogP contribution < -0.4 is 10.2 Å². The number of nitro groups is 1. The molecule has 0 aliphatic carbocycles. The Hall–Kier alpha value is -1.73. The van der Waals surface area contributed by atoms with Gasteiger partial charge in [-0.05, 0) is 44.5 Å². The third kappa shape index (κ3) is 2.71. The number of piperidine rings is 1. The van der Waals surface area contributed by atoms with Crippen LogP contribution in [0, 0.1) is 16.0 Å². The first-order valence-corrected chi connectivity index (χ1v) is 7.99. The summed E-state index contributed by atoms with van der Waals surface area (Å²) in [4.78, 5) is 17.6. The van der Waals surface area contributed by atoms with Crippen molar-refractivity contribution < 1.29 is 4.92 Å². The Labute approximate surface area is 126 Å². The summed E-state index contributed by atoms with van der Waals surface area (Å²) in [5.41, 5.74) is 3.04. The fourth-order valence-electron chi connectivity index (χ4n) is 3.08. The van der Waals surface area contributed by atoms with E-state index < -0.39 is 0 Å². The van der Waals surface area contributed by atoms with E-state index in [2.05, 4.69) is 15.2 Å². The van der Waals surface area contributed by atoms with Crippen molar-refractivity contribution in [2.75, 3.05) is 31.6 Å². The lowest BCUT2D eigenvalue weighted by molar-refractivity contribution is -0.382. The standard InChI is InChI=1S/C14H18N4O2S/c1-15-7-10-3-2-6-17(8-10)11-4-5-12-13(16-9-21-12)14(11)18(19)20/h4-5,9-10,15H,2-3,6-8H2,1H3. The number of fused-ring (bicyclic) bond motifs is 1. The number of anilines is 1. The van der Waals surface area contributed by atoms with Gasteiger partial charge in [-0.15, -0.1) is 11.3 Å². The van der Waals surface area contributed by atoms with Gasteiger partial charge in [0, 0.05) is 13.1 Å². The molecule has 2 heterocycles. The van der Waals surface area contributed by atoms with Crippen molar-refractivity contribution in [2.24, 2.45) is 5.92 Å². The first-order valence-electron chi connectivity index (χ1n) is 7.11. The fourth-order valence-corrected chi connectivity index (χ4v) is 3.76. The van der Waals surface area contributed by atoms with Crippen molar-refractivity contribution in [1.82, 2.24) is 10.3 Å². The lowest BCUT2D eigenvalue weighted by Gasteiger charge is -2.34. The normalized spacial score (nSPS) is 19.1. The quantitative estimate of drug-likeness (QED) is 0.694. The summed E-state index contributed by atoms with van der Waals surface area (Å²) < 4.78 is 0.870. The molecule has 6 nitrogen and oxygen atoms in total. The number of nitrogens with zero attached hydrogens (tertiary/aromatic N) is 3. The summed E-state index contributed by atoms with van der Waals surface area (Å²) in [6, 6.07) is 3.82. The third-order valence-electron chi connectivity index (χ3n) is 3.99. The molecule has 1 aliphatic rings. The molecule has 112 valence electrons. The van der Waals surface area contributed by atoms with E-state index in [1.165, 1.54) is 17.8 Å². The van der Waals surface area contributed by atoms with Crippen LogP contribution in [0.2, 0.25) is 0 Å². The van der Waals surface area contributed by atoms with Crippen LogP contribution in [0.4, 0.5) is 11.4 Å².